The number of nitrogens with one attached hydrogen (secondary N) is 1. The van der Waals surface area contributed by atoms with Gasteiger partial charge in [-0.2, -0.15) is 0 Å². The first-order valence-corrected chi connectivity index (χ1v) is 11.4. The first kappa shape index (κ1) is 21.5. The minimum absolute atomic E-state index is 0.0614. The molecule has 0 bridgehead atoms. The third kappa shape index (κ3) is 4.53. The Morgan fingerprint density at radius 3 is 2.62 bits per heavy atom. The highest BCUT2D eigenvalue weighted by Crippen LogP contribution is 2.44. The highest BCUT2D eigenvalue weighted by atomic mass is 32.2. The van der Waals surface area contributed by atoms with Crippen molar-refractivity contribution in [1.82, 2.24) is 10.2 Å². The van der Waals surface area contributed by atoms with Crippen molar-refractivity contribution >= 4 is 34.9 Å². The van der Waals surface area contributed by atoms with Crippen molar-refractivity contribution < 1.29 is 19.1 Å². The molecule has 6 nitrogen and oxygen atoms in total. The maximum absolute atomic E-state index is 13.5. The van der Waals surface area contributed by atoms with E-state index in [2.05, 4.69) is 5.32 Å². The first-order chi connectivity index (χ1) is 14.0. The molecule has 0 aliphatic carbocycles. The third-order valence-corrected chi connectivity index (χ3v) is 7.33. The van der Waals surface area contributed by atoms with Crippen molar-refractivity contribution in [2.24, 2.45) is 0 Å². The van der Waals surface area contributed by atoms with Gasteiger partial charge in [0, 0.05) is 22.2 Å². The lowest BCUT2D eigenvalue weighted by Gasteiger charge is -2.29. The average molecular weight is 435 g/mol. The highest BCUT2D eigenvalue weighted by molar-refractivity contribution is 7.99. The van der Waals surface area contributed by atoms with Crippen molar-refractivity contribution in [2.75, 3.05) is 20.0 Å². The van der Waals surface area contributed by atoms with Crippen LogP contribution in [0.5, 0.6) is 11.5 Å². The number of hydrogen-bond donors (Lipinski definition) is 1. The predicted octanol–water partition coefficient (Wildman–Crippen LogP) is 3.94. The van der Waals surface area contributed by atoms with Gasteiger partial charge in [-0.1, -0.05) is 13.0 Å². The second-order valence-electron chi connectivity index (χ2n) is 6.82. The summed E-state index contributed by atoms with van der Waals surface area (Å²) in [6.07, 6.45) is 0.837. The number of thiophene rings is 1. The average Bonchev–Trinajstić information content (AvgIpc) is 3.41. The van der Waals surface area contributed by atoms with E-state index in [4.69, 9.17) is 9.47 Å². The van der Waals surface area contributed by atoms with Gasteiger partial charge in [-0.3, -0.25) is 9.59 Å². The van der Waals surface area contributed by atoms with E-state index in [1.807, 2.05) is 31.4 Å². The number of amides is 2. The maximum atomic E-state index is 13.5. The summed E-state index contributed by atoms with van der Waals surface area (Å²) in [5.74, 6) is 1.29. The Morgan fingerprint density at radius 1 is 1.24 bits per heavy atom. The Labute approximate surface area is 179 Å². The van der Waals surface area contributed by atoms with Crippen LogP contribution < -0.4 is 14.8 Å². The molecule has 2 amide bonds. The molecule has 3 unspecified atom stereocenters. The van der Waals surface area contributed by atoms with Crippen LogP contribution in [-0.2, 0) is 4.79 Å². The molecule has 29 heavy (non-hydrogen) atoms. The van der Waals surface area contributed by atoms with E-state index in [9.17, 15) is 9.59 Å². The zero-order valence-corrected chi connectivity index (χ0v) is 18.6. The SMILES string of the molecule is CCC(C)NC(=O)C1CSC(c2cccs2)N1C(=O)c1ccc(OC)c(OC)c1. The molecule has 1 aliphatic rings. The largest absolute Gasteiger partial charge is 0.493 e. The molecule has 1 fully saturated rings. The molecule has 1 aromatic heterocycles. The lowest BCUT2D eigenvalue weighted by atomic mass is 10.1. The maximum Gasteiger partial charge on any atom is 0.255 e. The Balaban J connectivity index is 1.94. The fraction of sp³-hybridized carbons (Fsp3) is 0.429. The topological polar surface area (TPSA) is 67.9 Å². The van der Waals surface area contributed by atoms with Gasteiger partial charge in [-0.15, -0.1) is 23.1 Å². The molecule has 156 valence electrons. The molecule has 1 aliphatic heterocycles. The molecule has 1 N–H and O–H groups in total. The lowest BCUT2D eigenvalue weighted by molar-refractivity contribution is -0.125. The summed E-state index contributed by atoms with van der Waals surface area (Å²) in [5.41, 5.74) is 0.466. The molecule has 0 spiro atoms. The van der Waals surface area contributed by atoms with Crippen LogP contribution >= 0.6 is 23.1 Å². The van der Waals surface area contributed by atoms with Crippen molar-refractivity contribution in [1.29, 1.82) is 0 Å². The van der Waals surface area contributed by atoms with Crippen LogP contribution in [-0.4, -0.2) is 48.8 Å². The van der Waals surface area contributed by atoms with Gasteiger partial charge in [0.2, 0.25) is 5.91 Å². The number of rotatable bonds is 7. The third-order valence-electron chi connectivity index (χ3n) is 4.96. The quantitative estimate of drug-likeness (QED) is 0.715. The number of ether oxygens (including phenoxy) is 2. The van der Waals surface area contributed by atoms with Crippen molar-refractivity contribution in [3.8, 4) is 11.5 Å². The molecule has 1 saturated heterocycles. The van der Waals surface area contributed by atoms with E-state index >= 15 is 0 Å². The predicted molar refractivity (Wildman–Crippen MR) is 117 cm³/mol. The molecule has 0 radical (unpaired) electrons. The highest BCUT2D eigenvalue weighted by Gasteiger charge is 2.43. The van der Waals surface area contributed by atoms with Gasteiger partial charge in [0.1, 0.15) is 11.4 Å². The lowest BCUT2D eigenvalue weighted by Crippen LogP contribution is -2.49. The van der Waals surface area contributed by atoms with E-state index in [1.54, 1.807) is 53.3 Å². The number of hydrogen-bond acceptors (Lipinski definition) is 6. The minimum atomic E-state index is -0.526. The second-order valence-corrected chi connectivity index (χ2v) is 8.91. The molecule has 2 heterocycles. The van der Waals surface area contributed by atoms with Crippen LogP contribution in [0, 0.1) is 0 Å². The van der Waals surface area contributed by atoms with Gasteiger partial charge in [-0.25, -0.2) is 0 Å². The smallest absolute Gasteiger partial charge is 0.255 e. The zero-order valence-electron chi connectivity index (χ0n) is 17.0. The van der Waals surface area contributed by atoms with Crippen molar-refractivity contribution in [2.45, 2.75) is 37.7 Å². The Bertz CT molecular complexity index is 856. The molecule has 8 heteroatoms. The number of methoxy groups -OCH3 is 2. The van der Waals surface area contributed by atoms with Gasteiger partial charge < -0.3 is 19.7 Å². The fourth-order valence-electron chi connectivity index (χ4n) is 3.17. The van der Waals surface area contributed by atoms with Crippen molar-refractivity contribution in [3.63, 3.8) is 0 Å². The van der Waals surface area contributed by atoms with Crippen molar-refractivity contribution in [3.05, 3.63) is 46.2 Å². The zero-order chi connectivity index (χ0) is 21.0. The van der Waals surface area contributed by atoms with Crippen LogP contribution in [0.4, 0.5) is 0 Å². The normalized spacial score (nSPS) is 19.7. The molecular formula is C21H26N2O4S2. The number of nitrogens with zero attached hydrogens (tertiary/aromatic N) is 1. The summed E-state index contributed by atoms with van der Waals surface area (Å²) in [4.78, 5) is 29.2. The number of benzene rings is 1. The summed E-state index contributed by atoms with van der Waals surface area (Å²) in [7, 11) is 3.09. The van der Waals surface area contributed by atoms with Gasteiger partial charge in [0.05, 0.1) is 14.2 Å². The number of thioether (sulfide) groups is 1. The summed E-state index contributed by atoms with van der Waals surface area (Å²) in [6.45, 7) is 3.99. The van der Waals surface area contributed by atoms with Gasteiger partial charge >= 0.3 is 0 Å². The van der Waals surface area contributed by atoms with Crippen LogP contribution in [0.25, 0.3) is 0 Å². The Morgan fingerprint density at radius 2 is 2.00 bits per heavy atom. The molecule has 3 rings (SSSR count). The minimum Gasteiger partial charge on any atom is -0.493 e. The number of carbonyl (C=O) groups excluding carboxylic acids is 2. The van der Waals surface area contributed by atoms with Crippen LogP contribution in [0.2, 0.25) is 0 Å². The van der Waals surface area contributed by atoms with Gasteiger partial charge in [-0.05, 0) is 43.0 Å². The molecule has 2 aromatic rings. The van der Waals surface area contributed by atoms with Gasteiger partial charge in [0.25, 0.3) is 5.91 Å². The molecular weight excluding hydrogens is 408 g/mol. The van der Waals surface area contributed by atoms with Crippen LogP contribution in [0.1, 0.15) is 40.9 Å². The standard InChI is InChI=1S/C21H26N2O4S2/c1-5-13(2)22-19(24)15-12-29-21(18-7-6-10-28-18)23(15)20(25)14-8-9-16(26-3)17(11-14)27-4/h6-11,13,15,21H,5,12H2,1-4H3,(H,22,24). The summed E-state index contributed by atoms with van der Waals surface area (Å²) in [5, 5.41) is 4.82. The van der Waals surface area contributed by atoms with E-state index in [1.165, 1.54) is 7.11 Å². The summed E-state index contributed by atoms with van der Waals surface area (Å²) >= 11 is 3.21. The van der Waals surface area contributed by atoms with Gasteiger partial charge in [0.15, 0.2) is 11.5 Å². The Kier molecular flexibility index (Phi) is 7.08. The fourth-order valence-corrected chi connectivity index (χ4v) is 5.56. The molecule has 3 atom stereocenters. The van der Waals surface area contributed by atoms with E-state index < -0.39 is 6.04 Å². The van der Waals surface area contributed by atoms with E-state index in [-0.39, 0.29) is 23.2 Å². The number of carbonyl (C=O) groups is 2. The monoisotopic (exact) mass is 434 g/mol. The summed E-state index contributed by atoms with van der Waals surface area (Å²) in [6, 6.07) is 8.59. The van der Waals surface area contributed by atoms with E-state index in [0.717, 1.165) is 11.3 Å². The van der Waals surface area contributed by atoms with Crippen LogP contribution in [0.3, 0.4) is 0 Å². The van der Waals surface area contributed by atoms with E-state index in [0.29, 0.717) is 22.8 Å². The summed E-state index contributed by atoms with van der Waals surface area (Å²) < 4.78 is 10.6. The molecule has 1 aromatic carbocycles. The molecule has 0 saturated carbocycles. The first-order valence-electron chi connectivity index (χ1n) is 9.50. The second kappa shape index (κ2) is 9.54. The van der Waals surface area contributed by atoms with Crippen LogP contribution in [0.15, 0.2) is 35.7 Å². The Hall–Kier alpha value is -2.19.